The second kappa shape index (κ2) is 5.82. The molecular weight excluding hydrogens is 248 g/mol. The third kappa shape index (κ3) is 4.08. The first kappa shape index (κ1) is 13.5. The maximum atomic E-state index is 12.0. The minimum Gasteiger partial charge on any atom is -0.314 e. The van der Waals surface area contributed by atoms with Crippen molar-refractivity contribution in [1.82, 2.24) is 10.0 Å². The van der Waals surface area contributed by atoms with Gasteiger partial charge in [-0.3, -0.25) is 0 Å². The second-order valence-corrected chi connectivity index (χ2v) is 6.56. The lowest BCUT2D eigenvalue weighted by molar-refractivity contribution is 0.573. The number of nitrogens with one attached hydrogen (secondary N) is 2. The van der Waals surface area contributed by atoms with Crippen molar-refractivity contribution in [3.63, 3.8) is 0 Å². The highest BCUT2D eigenvalue weighted by Crippen LogP contribution is 2.18. The van der Waals surface area contributed by atoms with E-state index in [0.717, 1.165) is 18.5 Å². The summed E-state index contributed by atoms with van der Waals surface area (Å²) in [5.74, 6) is 0. The molecule has 0 heterocycles. The van der Waals surface area contributed by atoms with Crippen LogP contribution in [0, 0.1) is 6.92 Å². The fourth-order valence-electron chi connectivity index (χ4n) is 1.75. The van der Waals surface area contributed by atoms with Crippen molar-refractivity contribution in [1.29, 1.82) is 0 Å². The first-order chi connectivity index (χ1) is 8.58. The van der Waals surface area contributed by atoms with Crippen LogP contribution in [-0.4, -0.2) is 27.5 Å². The first-order valence-corrected chi connectivity index (χ1v) is 7.86. The Morgan fingerprint density at radius 3 is 2.72 bits per heavy atom. The largest absolute Gasteiger partial charge is 0.314 e. The van der Waals surface area contributed by atoms with E-state index in [9.17, 15) is 8.42 Å². The smallest absolute Gasteiger partial charge is 0.240 e. The molecule has 0 aliphatic heterocycles. The topological polar surface area (TPSA) is 58.2 Å². The van der Waals surface area contributed by atoms with Gasteiger partial charge in [0.2, 0.25) is 10.0 Å². The van der Waals surface area contributed by atoms with E-state index in [0.29, 0.717) is 17.5 Å². The van der Waals surface area contributed by atoms with Crippen molar-refractivity contribution in [2.45, 2.75) is 37.1 Å². The van der Waals surface area contributed by atoms with Crippen molar-refractivity contribution >= 4 is 10.0 Å². The summed E-state index contributed by atoms with van der Waals surface area (Å²) >= 11 is 0. The molecule has 1 saturated carbocycles. The van der Waals surface area contributed by atoms with Crippen LogP contribution >= 0.6 is 0 Å². The maximum absolute atomic E-state index is 12.0. The minimum absolute atomic E-state index is 0.345. The molecule has 1 aliphatic rings. The molecule has 0 bridgehead atoms. The molecule has 5 heteroatoms. The van der Waals surface area contributed by atoms with E-state index in [1.54, 1.807) is 18.2 Å². The fraction of sp³-hybridized carbons (Fsp3) is 0.538. The van der Waals surface area contributed by atoms with Crippen molar-refractivity contribution in [3.05, 3.63) is 29.8 Å². The van der Waals surface area contributed by atoms with Gasteiger partial charge in [-0.15, -0.1) is 0 Å². The van der Waals surface area contributed by atoms with Gasteiger partial charge in [0, 0.05) is 12.6 Å². The quantitative estimate of drug-likeness (QED) is 0.735. The van der Waals surface area contributed by atoms with Gasteiger partial charge in [-0.1, -0.05) is 12.1 Å². The molecular formula is C13H20N2O2S. The van der Waals surface area contributed by atoms with E-state index in [-0.39, 0.29) is 0 Å². The van der Waals surface area contributed by atoms with Crippen LogP contribution in [0.4, 0.5) is 0 Å². The number of hydrogen-bond donors (Lipinski definition) is 2. The molecule has 1 aromatic carbocycles. The van der Waals surface area contributed by atoms with Crippen LogP contribution in [0.3, 0.4) is 0 Å². The first-order valence-electron chi connectivity index (χ1n) is 6.38. The van der Waals surface area contributed by atoms with Gasteiger partial charge in [-0.25, -0.2) is 13.1 Å². The Morgan fingerprint density at radius 2 is 2.06 bits per heavy atom. The number of rotatable bonds is 7. The van der Waals surface area contributed by atoms with Gasteiger partial charge in [0.05, 0.1) is 4.90 Å². The third-order valence-electron chi connectivity index (χ3n) is 2.96. The van der Waals surface area contributed by atoms with E-state index in [4.69, 9.17) is 0 Å². The van der Waals surface area contributed by atoms with Crippen molar-refractivity contribution in [2.24, 2.45) is 0 Å². The van der Waals surface area contributed by atoms with E-state index in [1.165, 1.54) is 12.8 Å². The Hall–Kier alpha value is -0.910. The molecule has 2 N–H and O–H groups in total. The van der Waals surface area contributed by atoms with Gasteiger partial charge in [0.1, 0.15) is 0 Å². The standard InChI is InChI=1S/C13H20N2O2S/c1-11-4-2-5-13(10-11)18(16,17)15-9-3-8-14-12-6-7-12/h2,4-5,10,12,14-15H,3,6-9H2,1H3. The van der Waals surface area contributed by atoms with Gasteiger partial charge >= 0.3 is 0 Å². The summed E-state index contributed by atoms with van der Waals surface area (Å²) in [5.41, 5.74) is 0.952. The molecule has 4 nitrogen and oxygen atoms in total. The fourth-order valence-corrected chi connectivity index (χ4v) is 2.93. The van der Waals surface area contributed by atoms with Gasteiger partial charge in [0.15, 0.2) is 0 Å². The normalized spacial score (nSPS) is 15.8. The molecule has 0 spiro atoms. The zero-order chi connectivity index (χ0) is 13.0. The van der Waals surface area contributed by atoms with Crippen molar-refractivity contribution in [2.75, 3.05) is 13.1 Å². The molecule has 2 rings (SSSR count). The van der Waals surface area contributed by atoms with E-state index >= 15 is 0 Å². The summed E-state index contributed by atoms with van der Waals surface area (Å²) in [7, 11) is -3.35. The van der Waals surface area contributed by atoms with Crippen LogP contribution in [-0.2, 0) is 10.0 Å². The molecule has 0 aromatic heterocycles. The second-order valence-electron chi connectivity index (χ2n) is 4.80. The van der Waals surface area contributed by atoms with Crippen LogP contribution in [0.15, 0.2) is 29.2 Å². The molecule has 0 atom stereocenters. The van der Waals surface area contributed by atoms with Crippen LogP contribution in [0.5, 0.6) is 0 Å². The Morgan fingerprint density at radius 1 is 1.28 bits per heavy atom. The van der Waals surface area contributed by atoms with Gasteiger partial charge < -0.3 is 5.32 Å². The SMILES string of the molecule is Cc1cccc(S(=O)(=O)NCCCNC2CC2)c1. The predicted octanol–water partition coefficient (Wildman–Crippen LogP) is 1.42. The molecule has 100 valence electrons. The van der Waals surface area contributed by atoms with Crippen LogP contribution in [0.2, 0.25) is 0 Å². The number of hydrogen-bond acceptors (Lipinski definition) is 3. The minimum atomic E-state index is -3.35. The number of benzene rings is 1. The summed E-state index contributed by atoms with van der Waals surface area (Å²) < 4.78 is 26.6. The lowest BCUT2D eigenvalue weighted by Gasteiger charge is -2.07. The average Bonchev–Trinajstić information content (AvgIpc) is 3.12. The molecule has 0 saturated heterocycles. The summed E-state index contributed by atoms with van der Waals surface area (Å²) in [4.78, 5) is 0.345. The van der Waals surface area contributed by atoms with Crippen molar-refractivity contribution in [3.8, 4) is 0 Å². The summed E-state index contributed by atoms with van der Waals surface area (Å²) in [6.45, 7) is 3.25. The third-order valence-corrected chi connectivity index (χ3v) is 4.41. The Kier molecular flexibility index (Phi) is 4.37. The van der Waals surface area contributed by atoms with Crippen LogP contribution < -0.4 is 10.0 Å². The van der Waals surface area contributed by atoms with Gasteiger partial charge in [-0.05, 0) is 50.4 Å². The van der Waals surface area contributed by atoms with E-state index in [2.05, 4.69) is 10.0 Å². The Labute approximate surface area is 109 Å². The predicted molar refractivity (Wildman–Crippen MR) is 72.0 cm³/mol. The average molecular weight is 268 g/mol. The van der Waals surface area contributed by atoms with Gasteiger partial charge in [-0.2, -0.15) is 0 Å². The molecule has 1 aliphatic carbocycles. The summed E-state index contributed by atoms with van der Waals surface area (Å²) in [6.07, 6.45) is 3.34. The zero-order valence-corrected chi connectivity index (χ0v) is 11.5. The van der Waals surface area contributed by atoms with E-state index < -0.39 is 10.0 Å². The number of aryl methyl sites for hydroxylation is 1. The molecule has 0 amide bonds. The molecule has 0 unspecified atom stereocenters. The highest BCUT2D eigenvalue weighted by molar-refractivity contribution is 7.89. The highest BCUT2D eigenvalue weighted by Gasteiger charge is 2.19. The Balaban J connectivity index is 1.79. The Bertz CT molecular complexity index is 495. The molecule has 1 aromatic rings. The summed E-state index contributed by atoms with van der Waals surface area (Å²) in [5, 5.41) is 3.36. The van der Waals surface area contributed by atoms with Crippen LogP contribution in [0.25, 0.3) is 0 Å². The van der Waals surface area contributed by atoms with Crippen LogP contribution in [0.1, 0.15) is 24.8 Å². The zero-order valence-electron chi connectivity index (χ0n) is 10.6. The maximum Gasteiger partial charge on any atom is 0.240 e. The lowest BCUT2D eigenvalue weighted by atomic mass is 10.2. The van der Waals surface area contributed by atoms with Crippen molar-refractivity contribution < 1.29 is 8.42 Å². The van der Waals surface area contributed by atoms with E-state index in [1.807, 2.05) is 13.0 Å². The molecule has 18 heavy (non-hydrogen) atoms. The van der Waals surface area contributed by atoms with Gasteiger partial charge in [0.25, 0.3) is 0 Å². The number of sulfonamides is 1. The lowest BCUT2D eigenvalue weighted by Crippen LogP contribution is -2.28. The molecule has 1 fully saturated rings. The highest BCUT2D eigenvalue weighted by atomic mass is 32.2. The monoisotopic (exact) mass is 268 g/mol. The molecule has 0 radical (unpaired) electrons. The summed E-state index contributed by atoms with van der Waals surface area (Å²) in [6, 6.07) is 7.64.